The number of aromatic nitrogens is 4. The Balaban J connectivity index is 1.01. The molecule has 3 heterocycles. The molecule has 0 unspecified atom stereocenters. The van der Waals surface area contributed by atoms with Crippen LogP contribution < -0.4 is 0 Å². The van der Waals surface area contributed by atoms with E-state index in [0.29, 0.717) is 17.5 Å². The fraction of sp³-hybridized carbons (Fsp3) is 0.0727. The molecule has 0 aliphatic rings. The molecule has 0 fully saturated rings. The highest BCUT2D eigenvalue weighted by Gasteiger charge is 2.18. The second kappa shape index (κ2) is 14.9. The Morgan fingerprint density at radius 2 is 1.03 bits per heavy atom. The average Bonchev–Trinajstić information content (AvgIpc) is 3.86. The van der Waals surface area contributed by atoms with Crippen LogP contribution in [0.4, 0.5) is 0 Å². The van der Waals surface area contributed by atoms with Crippen LogP contribution in [0.15, 0.2) is 192 Å². The SMILES string of the molecule is CCCCc1cc(-c2ccc3c4ccccc4n(-c4ccc(-c5cccc(-c6nc(-c7ccccc7)nc(-c7ccccc7)n6)c5)cc4)c3c2)c2c(c1)oc1ccccc12. The first-order valence-corrected chi connectivity index (χ1v) is 20.7. The Hall–Kier alpha value is -7.63. The van der Waals surface area contributed by atoms with Crippen molar-refractivity contribution in [2.45, 2.75) is 26.2 Å². The van der Waals surface area contributed by atoms with Gasteiger partial charge in [0.1, 0.15) is 11.2 Å². The summed E-state index contributed by atoms with van der Waals surface area (Å²) in [7, 11) is 0. The summed E-state index contributed by atoms with van der Waals surface area (Å²) in [5.74, 6) is 1.93. The molecule has 5 heteroatoms. The van der Waals surface area contributed by atoms with Gasteiger partial charge in [0.15, 0.2) is 17.5 Å². The molecule has 0 aliphatic carbocycles. The van der Waals surface area contributed by atoms with Gasteiger partial charge in [-0.1, -0.05) is 159 Å². The molecule has 0 bridgehead atoms. The number of nitrogens with zero attached hydrogens (tertiary/aromatic N) is 4. The fourth-order valence-electron chi connectivity index (χ4n) is 8.66. The van der Waals surface area contributed by atoms with Crippen LogP contribution in [-0.4, -0.2) is 19.5 Å². The second-order valence-corrected chi connectivity index (χ2v) is 15.5. The lowest BCUT2D eigenvalue weighted by Crippen LogP contribution is -2.00. The molecule has 286 valence electrons. The lowest BCUT2D eigenvalue weighted by atomic mass is 9.94. The highest BCUT2D eigenvalue weighted by molar-refractivity contribution is 6.15. The molecule has 5 nitrogen and oxygen atoms in total. The van der Waals surface area contributed by atoms with Gasteiger partial charge in [-0.25, -0.2) is 15.0 Å². The van der Waals surface area contributed by atoms with Gasteiger partial charge >= 0.3 is 0 Å². The van der Waals surface area contributed by atoms with Crippen molar-refractivity contribution in [2.24, 2.45) is 0 Å². The van der Waals surface area contributed by atoms with Crippen LogP contribution in [0.3, 0.4) is 0 Å². The van der Waals surface area contributed by atoms with Gasteiger partial charge in [-0.2, -0.15) is 0 Å². The topological polar surface area (TPSA) is 56.7 Å². The van der Waals surface area contributed by atoms with Crippen LogP contribution in [0, 0.1) is 0 Å². The summed E-state index contributed by atoms with van der Waals surface area (Å²) < 4.78 is 8.88. The van der Waals surface area contributed by atoms with Crippen LogP contribution in [-0.2, 0) is 6.42 Å². The zero-order valence-corrected chi connectivity index (χ0v) is 33.2. The molecule has 0 spiro atoms. The molecule has 3 aromatic heterocycles. The molecule has 60 heavy (non-hydrogen) atoms. The lowest BCUT2D eigenvalue weighted by Gasteiger charge is -2.12. The van der Waals surface area contributed by atoms with Gasteiger partial charge in [0.05, 0.1) is 11.0 Å². The first-order chi connectivity index (χ1) is 29.7. The van der Waals surface area contributed by atoms with Gasteiger partial charge in [0.2, 0.25) is 0 Å². The highest BCUT2D eigenvalue weighted by Crippen LogP contribution is 2.41. The smallest absolute Gasteiger partial charge is 0.164 e. The van der Waals surface area contributed by atoms with Crippen molar-refractivity contribution in [3.63, 3.8) is 0 Å². The van der Waals surface area contributed by atoms with Crippen molar-refractivity contribution in [2.75, 3.05) is 0 Å². The molecule has 0 saturated carbocycles. The van der Waals surface area contributed by atoms with E-state index in [1.54, 1.807) is 0 Å². The fourth-order valence-corrected chi connectivity index (χ4v) is 8.66. The zero-order chi connectivity index (χ0) is 40.0. The molecule has 11 rings (SSSR count). The predicted molar refractivity (Wildman–Crippen MR) is 247 cm³/mol. The Labute approximate surface area is 348 Å². The Morgan fingerprint density at radius 1 is 0.433 bits per heavy atom. The summed E-state index contributed by atoms with van der Waals surface area (Å²) >= 11 is 0. The number of hydrogen-bond donors (Lipinski definition) is 0. The average molecular weight is 773 g/mol. The maximum absolute atomic E-state index is 6.48. The number of rotatable bonds is 9. The quantitative estimate of drug-likeness (QED) is 0.147. The third kappa shape index (κ3) is 6.32. The van der Waals surface area contributed by atoms with E-state index in [9.17, 15) is 0 Å². The third-order valence-electron chi connectivity index (χ3n) is 11.6. The minimum Gasteiger partial charge on any atom is -0.456 e. The molecule has 0 aliphatic heterocycles. The molecule has 0 amide bonds. The van der Waals surface area contributed by atoms with Gasteiger partial charge in [-0.15, -0.1) is 0 Å². The molecular formula is C55H40N4O. The maximum Gasteiger partial charge on any atom is 0.164 e. The minimum atomic E-state index is 0.638. The van der Waals surface area contributed by atoms with E-state index in [0.717, 1.165) is 69.3 Å². The number of fused-ring (bicyclic) bond motifs is 6. The summed E-state index contributed by atoms with van der Waals surface area (Å²) in [6, 6.07) is 66.3. The summed E-state index contributed by atoms with van der Waals surface area (Å²) in [6.45, 7) is 2.25. The zero-order valence-electron chi connectivity index (χ0n) is 33.2. The summed E-state index contributed by atoms with van der Waals surface area (Å²) in [5, 5.41) is 4.77. The van der Waals surface area contributed by atoms with Crippen molar-refractivity contribution < 1.29 is 4.42 Å². The monoisotopic (exact) mass is 772 g/mol. The molecule has 0 saturated heterocycles. The standard InChI is InChI=1S/C55H40N4O/c1-2-3-15-36-32-47(52-46-23-11-13-25-50(46)60-51(52)33-36)41-28-31-45-44-22-10-12-24-48(44)59(49(45)35-41)43-29-26-37(27-30-43)40-20-14-21-42(34-40)55-57-53(38-16-6-4-7-17-38)56-54(58-55)39-18-8-5-9-19-39/h4-14,16-35H,2-3,15H2,1H3. The van der Waals surface area contributed by atoms with Crippen LogP contribution in [0.2, 0.25) is 0 Å². The predicted octanol–water partition coefficient (Wildman–Crippen LogP) is 14.5. The molecule has 0 radical (unpaired) electrons. The first-order valence-electron chi connectivity index (χ1n) is 20.7. The summed E-state index contributed by atoms with van der Waals surface area (Å²) in [4.78, 5) is 14.9. The van der Waals surface area contributed by atoms with Crippen molar-refractivity contribution in [1.29, 1.82) is 0 Å². The molecule has 0 atom stereocenters. The van der Waals surface area contributed by atoms with Gasteiger partial charge in [-0.05, 0) is 83.1 Å². The summed E-state index contributed by atoms with van der Waals surface area (Å²) in [6.07, 6.45) is 3.31. The number of benzene rings is 8. The van der Waals surface area contributed by atoms with Crippen LogP contribution in [0.25, 0.3) is 106 Å². The molecule has 8 aromatic carbocycles. The van der Waals surface area contributed by atoms with Gasteiger partial charge < -0.3 is 8.98 Å². The third-order valence-corrected chi connectivity index (χ3v) is 11.6. The van der Waals surface area contributed by atoms with Crippen molar-refractivity contribution in [1.82, 2.24) is 19.5 Å². The highest BCUT2D eigenvalue weighted by atomic mass is 16.3. The number of hydrogen-bond acceptors (Lipinski definition) is 4. The largest absolute Gasteiger partial charge is 0.456 e. The lowest BCUT2D eigenvalue weighted by molar-refractivity contribution is 0.667. The van der Waals surface area contributed by atoms with E-state index < -0.39 is 0 Å². The Morgan fingerprint density at radius 3 is 1.77 bits per heavy atom. The minimum absolute atomic E-state index is 0.638. The van der Waals surface area contributed by atoms with Crippen LogP contribution in [0.5, 0.6) is 0 Å². The van der Waals surface area contributed by atoms with E-state index in [1.807, 2.05) is 66.7 Å². The van der Waals surface area contributed by atoms with Gasteiger partial charge in [0, 0.05) is 43.9 Å². The van der Waals surface area contributed by atoms with Gasteiger partial charge in [0.25, 0.3) is 0 Å². The van der Waals surface area contributed by atoms with Crippen molar-refractivity contribution in [3.05, 3.63) is 194 Å². The van der Waals surface area contributed by atoms with E-state index in [4.69, 9.17) is 19.4 Å². The molecule has 11 aromatic rings. The number of para-hydroxylation sites is 2. The van der Waals surface area contributed by atoms with Crippen LogP contribution >= 0.6 is 0 Å². The number of furan rings is 1. The first kappa shape index (κ1) is 35.5. The normalized spacial score (nSPS) is 11.6. The Kier molecular flexibility index (Phi) is 8.85. The van der Waals surface area contributed by atoms with Crippen molar-refractivity contribution in [3.8, 4) is 62.1 Å². The van der Waals surface area contributed by atoms with Gasteiger partial charge in [-0.3, -0.25) is 0 Å². The van der Waals surface area contributed by atoms with Crippen LogP contribution in [0.1, 0.15) is 25.3 Å². The van der Waals surface area contributed by atoms with E-state index in [2.05, 4.69) is 133 Å². The molecule has 0 N–H and O–H groups in total. The maximum atomic E-state index is 6.48. The van der Waals surface area contributed by atoms with Crippen molar-refractivity contribution >= 4 is 43.7 Å². The molecular weight excluding hydrogens is 733 g/mol. The second-order valence-electron chi connectivity index (χ2n) is 15.5. The number of aryl methyl sites for hydroxylation is 1. The summed E-state index contributed by atoms with van der Waals surface area (Å²) in [5.41, 5.74) is 14.0. The Bertz CT molecular complexity index is 3290. The van der Waals surface area contributed by atoms with E-state index in [-0.39, 0.29) is 0 Å². The van der Waals surface area contributed by atoms with E-state index in [1.165, 1.54) is 43.9 Å². The number of unbranched alkanes of at least 4 members (excludes halogenated alkanes) is 1. The van der Waals surface area contributed by atoms with E-state index >= 15 is 0 Å².